The molecule has 2 rings (SSSR count). The third-order valence-electron chi connectivity index (χ3n) is 3.39. The minimum Gasteiger partial charge on any atom is -0.493 e. The molecule has 0 atom stereocenters. The number of nitrogens with one attached hydrogen (secondary N) is 1. The number of nitrogens with zero attached hydrogens (tertiary/aromatic N) is 1. The van der Waals surface area contributed by atoms with E-state index in [0.29, 0.717) is 30.9 Å². The van der Waals surface area contributed by atoms with Crippen LogP contribution in [0.3, 0.4) is 0 Å². The molecule has 0 fully saturated rings. The lowest BCUT2D eigenvalue weighted by Crippen LogP contribution is -2.18. The molecule has 0 aliphatic carbocycles. The molecule has 1 amide bonds. The zero-order valence-electron chi connectivity index (χ0n) is 13.7. The van der Waals surface area contributed by atoms with Crippen molar-refractivity contribution in [3.05, 3.63) is 64.7 Å². The summed E-state index contributed by atoms with van der Waals surface area (Å²) < 4.78 is 5.65. The first-order valence-electron chi connectivity index (χ1n) is 7.88. The summed E-state index contributed by atoms with van der Waals surface area (Å²) >= 11 is 5.90. The van der Waals surface area contributed by atoms with Gasteiger partial charge in [-0.2, -0.15) is 5.10 Å². The van der Waals surface area contributed by atoms with Gasteiger partial charge in [-0.1, -0.05) is 41.9 Å². The average Bonchev–Trinajstić information content (AvgIpc) is 2.58. The molecular formula is C19H21ClN2O2. The lowest BCUT2D eigenvalue weighted by Gasteiger charge is -2.08. The molecule has 0 aromatic heterocycles. The fourth-order valence-corrected chi connectivity index (χ4v) is 2.35. The highest BCUT2D eigenvalue weighted by molar-refractivity contribution is 6.30. The van der Waals surface area contributed by atoms with E-state index in [2.05, 4.69) is 10.5 Å². The second-order valence-corrected chi connectivity index (χ2v) is 5.83. The van der Waals surface area contributed by atoms with E-state index >= 15 is 0 Å². The summed E-state index contributed by atoms with van der Waals surface area (Å²) in [7, 11) is 0. The summed E-state index contributed by atoms with van der Waals surface area (Å²) in [6, 6.07) is 15.4. The molecule has 126 valence electrons. The molecule has 0 saturated heterocycles. The van der Waals surface area contributed by atoms with E-state index in [-0.39, 0.29) is 5.91 Å². The van der Waals surface area contributed by atoms with Crippen LogP contribution in [0.1, 0.15) is 24.0 Å². The third-order valence-corrected chi connectivity index (χ3v) is 3.63. The van der Waals surface area contributed by atoms with Crippen molar-refractivity contribution in [3.8, 4) is 5.75 Å². The Bertz CT molecular complexity index is 687. The summed E-state index contributed by atoms with van der Waals surface area (Å²) in [5, 5.41) is 4.63. The van der Waals surface area contributed by atoms with Crippen molar-refractivity contribution >= 4 is 23.7 Å². The highest BCUT2D eigenvalue weighted by atomic mass is 35.5. The van der Waals surface area contributed by atoms with E-state index in [1.165, 1.54) is 0 Å². The maximum absolute atomic E-state index is 11.7. The van der Waals surface area contributed by atoms with Gasteiger partial charge in [-0.25, -0.2) is 5.43 Å². The molecular weight excluding hydrogens is 324 g/mol. The maximum Gasteiger partial charge on any atom is 0.240 e. The molecule has 0 unspecified atom stereocenters. The molecule has 2 aromatic rings. The zero-order valence-corrected chi connectivity index (χ0v) is 14.4. The van der Waals surface area contributed by atoms with Crippen LogP contribution in [0.4, 0.5) is 0 Å². The van der Waals surface area contributed by atoms with Crippen LogP contribution in [0.2, 0.25) is 5.02 Å². The largest absolute Gasteiger partial charge is 0.493 e. The van der Waals surface area contributed by atoms with Gasteiger partial charge in [0.05, 0.1) is 6.61 Å². The first-order chi connectivity index (χ1) is 11.6. The highest BCUT2D eigenvalue weighted by Crippen LogP contribution is 2.21. The van der Waals surface area contributed by atoms with Crippen molar-refractivity contribution in [3.63, 3.8) is 0 Å². The number of hydrazone groups is 1. The number of hydrogen-bond donors (Lipinski definition) is 1. The number of benzene rings is 2. The molecule has 5 heteroatoms. The predicted molar refractivity (Wildman–Crippen MR) is 97.7 cm³/mol. The second-order valence-electron chi connectivity index (χ2n) is 5.40. The van der Waals surface area contributed by atoms with Gasteiger partial charge in [-0.05, 0) is 42.7 Å². The minimum atomic E-state index is -0.115. The molecule has 0 radical (unpaired) electrons. The minimum absolute atomic E-state index is 0.115. The zero-order chi connectivity index (χ0) is 17.2. The van der Waals surface area contributed by atoms with Gasteiger partial charge in [0.2, 0.25) is 5.91 Å². The number of amides is 1. The topological polar surface area (TPSA) is 50.7 Å². The van der Waals surface area contributed by atoms with Gasteiger partial charge in [-0.3, -0.25) is 4.79 Å². The van der Waals surface area contributed by atoms with Crippen molar-refractivity contribution in [2.75, 3.05) is 6.61 Å². The number of carbonyl (C=O) groups excluding carboxylic acids is 1. The van der Waals surface area contributed by atoms with Gasteiger partial charge in [0.1, 0.15) is 5.75 Å². The monoisotopic (exact) mass is 344 g/mol. The Morgan fingerprint density at radius 1 is 1.25 bits per heavy atom. The molecule has 4 nitrogen and oxygen atoms in total. The van der Waals surface area contributed by atoms with Crippen LogP contribution in [0.5, 0.6) is 5.75 Å². The second kappa shape index (κ2) is 9.73. The van der Waals surface area contributed by atoms with Crippen molar-refractivity contribution in [1.82, 2.24) is 5.43 Å². The molecule has 0 aliphatic heterocycles. The van der Waals surface area contributed by atoms with E-state index < -0.39 is 0 Å². The molecule has 0 bridgehead atoms. The number of hydrogen-bond acceptors (Lipinski definition) is 3. The van der Waals surface area contributed by atoms with E-state index in [0.717, 1.165) is 16.9 Å². The fraction of sp³-hybridized carbons (Fsp3) is 0.263. The predicted octanol–water partition coefficient (Wildman–Crippen LogP) is 4.15. The summed E-state index contributed by atoms with van der Waals surface area (Å²) in [4.78, 5) is 11.7. The lowest BCUT2D eigenvalue weighted by molar-refractivity contribution is -0.121. The van der Waals surface area contributed by atoms with Gasteiger partial charge in [0.25, 0.3) is 0 Å². The molecule has 0 spiro atoms. The Morgan fingerprint density at radius 3 is 2.79 bits per heavy atom. The number of carbonyl (C=O) groups is 1. The molecule has 0 saturated carbocycles. The summed E-state index contributed by atoms with van der Waals surface area (Å²) in [6.07, 6.45) is 3.39. The average molecular weight is 345 g/mol. The van der Waals surface area contributed by atoms with Gasteiger partial charge in [0.15, 0.2) is 0 Å². The van der Waals surface area contributed by atoms with Crippen LogP contribution in [0, 0.1) is 6.92 Å². The number of aryl methyl sites for hydroxylation is 1. The standard InChI is InChI=1S/C19H21ClN2O2/c1-15-14-17(20)9-10-18(15)24-13-5-8-19(23)22-21-12-11-16-6-3-2-4-7-16/h2-4,6-7,9-10,12,14H,5,8,11,13H2,1H3,(H,22,23)/b21-12+. The van der Waals surface area contributed by atoms with Crippen molar-refractivity contribution in [2.45, 2.75) is 26.2 Å². The van der Waals surface area contributed by atoms with E-state index in [1.54, 1.807) is 12.3 Å². The van der Waals surface area contributed by atoms with Gasteiger partial charge >= 0.3 is 0 Å². The van der Waals surface area contributed by atoms with Gasteiger partial charge in [0, 0.05) is 24.1 Å². The number of halogens is 1. The summed E-state index contributed by atoms with van der Waals surface area (Å²) in [5.41, 5.74) is 4.67. The maximum atomic E-state index is 11.7. The molecule has 0 heterocycles. The SMILES string of the molecule is Cc1cc(Cl)ccc1OCCCC(=O)N/N=C/Cc1ccccc1. The van der Waals surface area contributed by atoms with Crippen LogP contribution in [-0.4, -0.2) is 18.7 Å². The lowest BCUT2D eigenvalue weighted by atomic mass is 10.2. The van der Waals surface area contributed by atoms with Crippen molar-refractivity contribution < 1.29 is 9.53 Å². The van der Waals surface area contributed by atoms with Crippen LogP contribution in [0.25, 0.3) is 0 Å². The quantitative estimate of drug-likeness (QED) is 0.444. The first kappa shape index (κ1) is 18.0. The van der Waals surface area contributed by atoms with E-state index in [9.17, 15) is 4.79 Å². The Morgan fingerprint density at radius 2 is 2.04 bits per heavy atom. The Balaban J connectivity index is 1.61. The van der Waals surface area contributed by atoms with Crippen LogP contribution < -0.4 is 10.2 Å². The Labute approximate surface area is 147 Å². The normalized spacial score (nSPS) is 10.8. The van der Waals surface area contributed by atoms with Crippen LogP contribution in [-0.2, 0) is 11.2 Å². The van der Waals surface area contributed by atoms with Gasteiger partial charge < -0.3 is 4.74 Å². The molecule has 24 heavy (non-hydrogen) atoms. The smallest absolute Gasteiger partial charge is 0.240 e. The van der Waals surface area contributed by atoms with Crippen LogP contribution in [0.15, 0.2) is 53.6 Å². The Kier molecular flexibility index (Phi) is 7.30. The Hall–Kier alpha value is -2.33. The van der Waals surface area contributed by atoms with Crippen molar-refractivity contribution in [2.24, 2.45) is 5.10 Å². The molecule has 2 aromatic carbocycles. The fourth-order valence-electron chi connectivity index (χ4n) is 2.13. The molecule has 1 N–H and O–H groups in total. The van der Waals surface area contributed by atoms with Crippen molar-refractivity contribution in [1.29, 1.82) is 0 Å². The summed E-state index contributed by atoms with van der Waals surface area (Å²) in [6.45, 7) is 2.42. The van der Waals surface area contributed by atoms with Gasteiger partial charge in [-0.15, -0.1) is 0 Å². The van der Waals surface area contributed by atoms with E-state index in [4.69, 9.17) is 16.3 Å². The van der Waals surface area contributed by atoms with E-state index in [1.807, 2.05) is 49.4 Å². The third kappa shape index (κ3) is 6.42. The number of ether oxygens (including phenoxy) is 1. The molecule has 0 aliphatic rings. The van der Waals surface area contributed by atoms with Crippen LogP contribution >= 0.6 is 11.6 Å². The first-order valence-corrected chi connectivity index (χ1v) is 8.26. The highest BCUT2D eigenvalue weighted by Gasteiger charge is 2.02. The number of rotatable bonds is 8. The summed E-state index contributed by atoms with van der Waals surface area (Å²) in [5.74, 6) is 0.677.